The van der Waals surface area contributed by atoms with Gasteiger partial charge in [-0.3, -0.25) is 14.9 Å². The molecule has 0 saturated carbocycles. The van der Waals surface area contributed by atoms with Gasteiger partial charge in [0.1, 0.15) is 18.0 Å². The highest BCUT2D eigenvalue weighted by atomic mass is 16.6. The van der Waals surface area contributed by atoms with E-state index >= 15 is 0 Å². The summed E-state index contributed by atoms with van der Waals surface area (Å²) in [6.45, 7) is 5.25. The third-order valence-corrected chi connectivity index (χ3v) is 4.79. The second kappa shape index (κ2) is 9.90. The zero-order valence-corrected chi connectivity index (χ0v) is 18.3. The molecule has 3 rings (SSSR count). The van der Waals surface area contributed by atoms with E-state index in [4.69, 9.17) is 14.0 Å². The molecule has 0 fully saturated rings. The third kappa shape index (κ3) is 5.39. The van der Waals surface area contributed by atoms with Crippen LogP contribution in [0.25, 0.3) is 11.4 Å². The van der Waals surface area contributed by atoms with Crippen molar-refractivity contribution in [1.29, 1.82) is 0 Å². The number of nitrogens with zero attached hydrogens (tertiary/aromatic N) is 4. The first-order chi connectivity index (χ1) is 15.3. The number of amides is 1. The SMILES string of the molecule is COc1ccc(-c2noc(CN(C(=O)COc3ccc([N+](=O)[O-])c(C)c3)C(C)C)n2)cc1. The van der Waals surface area contributed by atoms with Crippen molar-refractivity contribution in [3.8, 4) is 22.9 Å². The van der Waals surface area contributed by atoms with Crippen molar-refractivity contribution in [3.05, 3.63) is 64.0 Å². The average Bonchev–Trinajstić information content (AvgIpc) is 3.24. The minimum atomic E-state index is -0.463. The van der Waals surface area contributed by atoms with Gasteiger partial charge in [0.2, 0.25) is 11.7 Å². The van der Waals surface area contributed by atoms with Gasteiger partial charge < -0.3 is 18.9 Å². The van der Waals surface area contributed by atoms with Gasteiger partial charge >= 0.3 is 0 Å². The van der Waals surface area contributed by atoms with Gasteiger partial charge in [0, 0.05) is 23.2 Å². The number of hydrogen-bond acceptors (Lipinski definition) is 8. The summed E-state index contributed by atoms with van der Waals surface area (Å²) in [6, 6.07) is 11.5. The summed E-state index contributed by atoms with van der Waals surface area (Å²) < 4.78 is 16.0. The van der Waals surface area contributed by atoms with E-state index in [2.05, 4.69) is 10.1 Å². The smallest absolute Gasteiger partial charge is 0.272 e. The van der Waals surface area contributed by atoms with E-state index in [0.717, 1.165) is 11.3 Å². The van der Waals surface area contributed by atoms with Gasteiger partial charge in [-0.1, -0.05) is 5.16 Å². The topological polar surface area (TPSA) is 121 Å². The number of nitro groups is 1. The molecule has 10 heteroatoms. The molecule has 10 nitrogen and oxygen atoms in total. The van der Waals surface area contributed by atoms with Crippen LogP contribution < -0.4 is 9.47 Å². The second-order valence-corrected chi connectivity index (χ2v) is 7.35. The summed E-state index contributed by atoms with van der Waals surface area (Å²) in [5.74, 6) is 1.53. The van der Waals surface area contributed by atoms with Gasteiger partial charge in [0.25, 0.3) is 11.6 Å². The number of carbonyl (C=O) groups excluding carboxylic acids is 1. The molecule has 168 valence electrons. The molecule has 0 atom stereocenters. The summed E-state index contributed by atoms with van der Waals surface area (Å²) in [4.78, 5) is 29.2. The standard InChI is InChI=1S/C22H24N4O6/c1-14(2)25(21(27)13-31-18-9-10-19(26(28)29)15(3)11-18)12-20-23-22(24-32-20)16-5-7-17(30-4)8-6-16/h5-11,14H,12-13H2,1-4H3. The number of nitro benzene ring substituents is 1. The molecule has 3 aromatic rings. The number of aryl methyl sites for hydroxylation is 1. The molecule has 32 heavy (non-hydrogen) atoms. The van der Waals surface area contributed by atoms with Crippen molar-refractivity contribution in [2.45, 2.75) is 33.4 Å². The second-order valence-electron chi connectivity index (χ2n) is 7.35. The summed E-state index contributed by atoms with van der Waals surface area (Å²) in [5, 5.41) is 14.9. The number of carbonyl (C=O) groups is 1. The molecule has 1 amide bonds. The van der Waals surface area contributed by atoms with Crippen LogP contribution in [-0.4, -0.2) is 45.6 Å². The van der Waals surface area contributed by atoms with E-state index in [-0.39, 0.29) is 30.8 Å². The van der Waals surface area contributed by atoms with Gasteiger partial charge in [-0.25, -0.2) is 0 Å². The predicted molar refractivity (Wildman–Crippen MR) is 115 cm³/mol. The molecule has 0 aliphatic heterocycles. The zero-order valence-electron chi connectivity index (χ0n) is 18.3. The Morgan fingerprint density at radius 3 is 2.47 bits per heavy atom. The minimum absolute atomic E-state index is 0.00320. The Labute approximate surface area is 184 Å². The van der Waals surface area contributed by atoms with Crippen LogP contribution in [0.5, 0.6) is 11.5 Å². The molecule has 2 aromatic carbocycles. The predicted octanol–water partition coefficient (Wildman–Crippen LogP) is 3.78. The fourth-order valence-electron chi connectivity index (χ4n) is 3.03. The first-order valence-corrected chi connectivity index (χ1v) is 9.92. The number of ether oxygens (including phenoxy) is 2. The maximum Gasteiger partial charge on any atom is 0.272 e. The lowest BCUT2D eigenvalue weighted by atomic mass is 10.2. The molecule has 0 N–H and O–H groups in total. The molecule has 0 unspecified atom stereocenters. The van der Waals surface area contributed by atoms with Gasteiger partial charge in [0.05, 0.1) is 12.0 Å². The molecule has 0 aliphatic carbocycles. The molecular weight excluding hydrogens is 416 g/mol. The van der Waals surface area contributed by atoms with E-state index in [1.807, 2.05) is 26.0 Å². The summed E-state index contributed by atoms with van der Waals surface area (Å²) in [6.07, 6.45) is 0. The van der Waals surface area contributed by atoms with Gasteiger partial charge in [-0.15, -0.1) is 0 Å². The minimum Gasteiger partial charge on any atom is -0.497 e. The Balaban J connectivity index is 1.65. The molecular formula is C22H24N4O6. The molecule has 0 aliphatic rings. The number of benzene rings is 2. The summed E-state index contributed by atoms with van der Waals surface area (Å²) in [7, 11) is 1.59. The highest BCUT2D eigenvalue weighted by Gasteiger charge is 2.22. The Morgan fingerprint density at radius 1 is 1.19 bits per heavy atom. The Kier molecular flexibility index (Phi) is 7.04. The quantitative estimate of drug-likeness (QED) is 0.364. The van der Waals surface area contributed by atoms with Crippen LogP contribution in [-0.2, 0) is 11.3 Å². The van der Waals surface area contributed by atoms with Crippen molar-refractivity contribution in [2.24, 2.45) is 0 Å². The normalized spacial score (nSPS) is 10.8. The molecule has 1 heterocycles. The molecule has 0 saturated heterocycles. The zero-order chi connectivity index (χ0) is 23.3. The van der Waals surface area contributed by atoms with Gasteiger partial charge in [-0.2, -0.15) is 4.98 Å². The summed E-state index contributed by atoms with van der Waals surface area (Å²) in [5.41, 5.74) is 1.22. The fourth-order valence-corrected chi connectivity index (χ4v) is 3.03. The molecule has 0 spiro atoms. The van der Waals surface area contributed by atoms with Crippen molar-refractivity contribution < 1.29 is 23.7 Å². The van der Waals surface area contributed by atoms with Crippen LogP contribution in [0.4, 0.5) is 5.69 Å². The first kappa shape index (κ1) is 22.7. The monoisotopic (exact) mass is 440 g/mol. The number of rotatable bonds is 9. The Morgan fingerprint density at radius 2 is 1.88 bits per heavy atom. The maximum absolute atomic E-state index is 12.8. The van der Waals surface area contributed by atoms with E-state index in [1.165, 1.54) is 18.2 Å². The molecule has 0 radical (unpaired) electrons. The van der Waals surface area contributed by atoms with Crippen LogP contribution in [0.3, 0.4) is 0 Å². The lowest BCUT2D eigenvalue weighted by molar-refractivity contribution is -0.385. The molecule has 0 bridgehead atoms. The Bertz CT molecular complexity index is 1090. The van der Waals surface area contributed by atoms with Crippen molar-refractivity contribution in [3.63, 3.8) is 0 Å². The van der Waals surface area contributed by atoms with E-state index in [1.54, 1.807) is 31.1 Å². The van der Waals surface area contributed by atoms with Crippen LogP contribution >= 0.6 is 0 Å². The molecule has 1 aromatic heterocycles. The van der Waals surface area contributed by atoms with Crippen LogP contribution in [0.1, 0.15) is 25.3 Å². The van der Waals surface area contributed by atoms with Crippen molar-refractivity contribution >= 4 is 11.6 Å². The van der Waals surface area contributed by atoms with Crippen molar-refractivity contribution in [1.82, 2.24) is 15.0 Å². The van der Waals surface area contributed by atoms with Gasteiger partial charge in [-0.05, 0) is 57.2 Å². The average molecular weight is 440 g/mol. The third-order valence-electron chi connectivity index (χ3n) is 4.79. The fraction of sp³-hybridized carbons (Fsp3) is 0.318. The highest BCUT2D eigenvalue weighted by molar-refractivity contribution is 5.78. The summed E-state index contributed by atoms with van der Waals surface area (Å²) >= 11 is 0. The number of hydrogen-bond donors (Lipinski definition) is 0. The maximum atomic E-state index is 12.8. The largest absolute Gasteiger partial charge is 0.497 e. The van der Waals surface area contributed by atoms with Crippen LogP contribution in [0.2, 0.25) is 0 Å². The van der Waals surface area contributed by atoms with Crippen LogP contribution in [0, 0.1) is 17.0 Å². The van der Waals surface area contributed by atoms with Crippen molar-refractivity contribution in [2.75, 3.05) is 13.7 Å². The Hall–Kier alpha value is -3.95. The van der Waals surface area contributed by atoms with E-state index in [0.29, 0.717) is 23.0 Å². The first-order valence-electron chi connectivity index (χ1n) is 9.92. The lowest BCUT2D eigenvalue weighted by Gasteiger charge is -2.25. The van der Waals surface area contributed by atoms with E-state index < -0.39 is 4.92 Å². The highest BCUT2D eigenvalue weighted by Crippen LogP contribution is 2.23. The van der Waals surface area contributed by atoms with Crippen LogP contribution in [0.15, 0.2) is 47.0 Å². The number of methoxy groups -OCH3 is 1. The lowest BCUT2D eigenvalue weighted by Crippen LogP contribution is -2.39. The van der Waals surface area contributed by atoms with Gasteiger partial charge in [0.15, 0.2) is 6.61 Å². The number of aromatic nitrogens is 2. The van der Waals surface area contributed by atoms with E-state index in [9.17, 15) is 14.9 Å².